The van der Waals surface area contributed by atoms with Gasteiger partial charge in [-0.25, -0.2) is 0 Å². The summed E-state index contributed by atoms with van der Waals surface area (Å²) in [5.74, 6) is 0.0348. The Morgan fingerprint density at radius 3 is 2.54 bits per heavy atom. The highest BCUT2D eigenvalue weighted by molar-refractivity contribution is 5.70. The SMILES string of the molecule is CC(C)(CCC1C=CCC1)CC(C)(C)CC(=O)OCC1COC(C)(C)O1. The van der Waals surface area contributed by atoms with E-state index in [1.54, 1.807) is 0 Å². The maximum absolute atomic E-state index is 12.3. The molecule has 150 valence electrons. The van der Waals surface area contributed by atoms with E-state index in [-0.39, 0.29) is 29.5 Å². The van der Waals surface area contributed by atoms with Gasteiger partial charge in [0.05, 0.1) is 13.0 Å². The van der Waals surface area contributed by atoms with Crippen LogP contribution in [0.3, 0.4) is 0 Å². The third-order valence-electron chi connectivity index (χ3n) is 5.38. The lowest BCUT2D eigenvalue weighted by Crippen LogP contribution is -2.29. The highest BCUT2D eigenvalue weighted by Gasteiger charge is 2.35. The average Bonchev–Trinajstić information content (AvgIpc) is 3.10. The molecule has 0 aromatic carbocycles. The second-order valence-electron chi connectivity index (χ2n) is 10.1. The Bertz CT molecular complexity index is 504. The number of carbonyl (C=O) groups excluding carboxylic acids is 1. The molecule has 2 unspecified atom stereocenters. The molecule has 2 rings (SSSR count). The molecule has 1 saturated heterocycles. The van der Waals surface area contributed by atoms with Crippen LogP contribution < -0.4 is 0 Å². The van der Waals surface area contributed by atoms with Gasteiger partial charge in [-0.15, -0.1) is 0 Å². The van der Waals surface area contributed by atoms with Gasteiger partial charge < -0.3 is 14.2 Å². The largest absolute Gasteiger partial charge is 0.463 e. The Morgan fingerprint density at radius 1 is 1.23 bits per heavy atom. The van der Waals surface area contributed by atoms with Crippen molar-refractivity contribution in [1.82, 2.24) is 0 Å². The Hall–Kier alpha value is -0.870. The van der Waals surface area contributed by atoms with Crippen molar-refractivity contribution in [2.75, 3.05) is 13.2 Å². The zero-order chi connectivity index (χ0) is 19.4. The molecule has 0 radical (unpaired) electrons. The zero-order valence-corrected chi connectivity index (χ0v) is 17.6. The summed E-state index contributed by atoms with van der Waals surface area (Å²) in [6.07, 6.45) is 10.9. The normalized spacial score (nSPS) is 25.6. The van der Waals surface area contributed by atoms with E-state index in [1.165, 1.54) is 25.7 Å². The second-order valence-corrected chi connectivity index (χ2v) is 10.1. The molecule has 0 saturated carbocycles. The molecule has 1 heterocycles. The van der Waals surface area contributed by atoms with Crippen LogP contribution in [0.5, 0.6) is 0 Å². The minimum atomic E-state index is -0.575. The summed E-state index contributed by atoms with van der Waals surface area (Å²) in [5.41, 5.74) is 0.158. The fraction of sp³-hybridized carbons (Fsp3) is 0.864. The number of carbonyl (C=O) groups is 1. The summed E-state index contributed by atoms with van der Waals surface area (Å²) < 4.78 is 16.6. The van der Waals surface area contributed by atoms with Gasteiger partial charge in [0.1, 0.15) is 12.7 Å². The minimum absolute atomic E-state index is 0.0710. The molecule has 0 bridgehead atoms. The molecule has 0 aromatic heterocycles. The lowest BCUT2D eigenvalue weighted by Gasteiger charge is -2.35. The number of rotatable bonds is 9. The van der Waals surface area contributed by atoms with Gasteiger partial charge in [-0.2, -0.15) is 0 Å². The second kappa shape index (κ2) is 8.43. The van der Waals surface area contributed by atoms with Crippen molar-refractivity contribution in [3.05, 3.63) is 12.2 Å². The lowest BCUT2D eigenvalue weighted by molar-refractivity contribution is -0.160. The van der Waals surface area contributed by atoms with E-state index in [2.05, 4.69) is 39.8 Å². The lowest BCUT2D eigenvalue weighted by atomic mass is 9.70. The van der Waals surface area contributed by atoms with E-state index in [0.717, 1.165) is 12.3 Å². The molecule has 0 amide bonds. The van der Waals surface area contributed by atoms with Crippen molar-refractivity contribution in [2.24, 2.45) is 16.7 Å². The topological polar surface area (TPSA) is 44.8 Å². The van der Waals surface area contributed by atoms with Crippen LogP contribution in [-0.4, -0.2) is 31.1 Å². The van der Waals surface area contributed by atoms with Crippen LogP contribution in [-0.2, 0) is 19.0 Å². The van der Waals surface area contributed by atoms with E-state index >= 15 is 0 Å². The number of esters is 1. The highest BCUT2D eigenvalue weighted by atomic mass is 16.7. The molecule has 0 N–H and O–H groups in total. The van der Waals surface area contributed by atoms with E-state index in [4.69, 9.17) is 14.2 Å². The number of ether oxygens (including phenoxy) is 3. The quantitative estimate of drug-likeness (QED) is 0.412. The molecule has 1 aliphatic heterocycles. The summed E-state index contributed by atoms with van der Waals surface area (Å²) >= 11 is 0. The molecule has 1 aliphatic carbocycles. The van der Waals surface area contributed by atoms with Crippen molar-refractivity contribution in [2.45, 2.75) is 92.0 Å². The smallest absolute Gasteiger partial charge is 0.306 e. The molecular formula is C22H38O4. The third-order valence-corrected chi connectivity index (χ3v) is 5.38. The number of hydrogen-bond donors (Lipinski definition) is 0. The Morgan fingerprint density at radius 2 is 1.96 bits per heavy atom. The summed E-state index contributed by atoms with van der Waals surface area (Å²) in [7, 11) is 0. The predicted molar refractivity (Wildman–Crippen MR) is 104 cm³/mol. The van der Waals surface area contributed by atoms with Gasteiger partial charge in [0.25, 0.3) is 0 Å². The average molecular weight is 367 g/mol. The Labute approximate surface area is 159 Å². The molecule has 0 spiro atoms. The van der Waals surface area contributed by atoms with E-state index < -0.39 is 5.79 Å². The van der Waals surface area contributed by atoms with Crippen molar-refractivity contribution in [3.63, 3.8) is 0 Å². The zero-order valence-electron chi connectivity index (χ0n) is 17.6. The maximum atomic E-state index is 12.3. The van der Waals surface area contributed by atoms with Crippen LogP contribution in [0.2, 0.25) is 0 Å². The Kier molecular flexibility index (Phi) is 6.95. The van der Waals surface area contributed by atoms with Crippen molar-refractivity contribution < 1.29 is 19.0 Å². The summed E-state index contributed by atoms with van der Waals surface area (Å²) in [4.78, 5) is 12.3. The van der Waals surface area contributed by atoms with Gasteiger partial charge in [0.15, 0.2) is 5.79 Å². The van der Waals surface area contributed by atoms with Gasteiger partial charge in [0, 0.05) is 0 Å². The van der Waals surface area contributed by atoms with Gasteiger partial charge in [-0.3, -0.25) is 4.79 Å². The first kappa shape index (κ1) is 21.4. The first-order valence-corrected chi connectivity index (χ1v) is 10.1. The van der Waals surface area contributed by atoms with Crippen molar-refractivity contribution in [1.29, 1.82) is 0 Å². The number of allylic oxidation sites excluding steroid dienone is 2. The van der Waals surface area contributed by atoms with Gasteiger partial charge in [-0.1, -0.05) is 39.8 Å². The van der Waals surface area contributed by atoms with Gasteiger partial charge >= 0.3 is 5.97 Å². The van der Waals surface area contributed by atoms with Gasteiger partial charge in [-0.05, 0) is 62.7 Å². The predicted octanol–water partition coefficient (Wildman–Crippen LogP) is 5.26. The standard InChI is InChI=1S/C22H38O4/c1-20(2,12-11-17-9-7-8-10-17)16-21(3,4)13-19(23)24-14-18-15-25-22(5,6)26-18/h7,9,17-18H,8,10-16H2,1-6H3. The molecule has 4 heteroatoms. The Balaban J connectivity index is 1.71. The fourth-order valence-electron chi connectivity index (χ4n) is 4.43. The van der Waals surface area contributed by atoms with Gasteiger partial charge in [0.2, 0.25) is 0 Å². The van der Waals surface area contributed by atoms with E-state index in [1.807, 2.05) is 13.8 Å². The van der Waals surface area contributed by atoms with Crippen LogP contribution in [0.15, 0.2) is 12.2 Å². The first-order valence-electron chi connectivity index (χ1n) is 10.1. The van der Waals surface area contributed by atoms with Crippen LogP contribution in [0.1, 0.15) is 80.1 Å². The minimum Gasteiger partial charge on any atom is -0.463 e. The van der Waals surface area contributed by atoms with E-state index in [9.17, 15) is 4.79 Å². The molecule has 4 nitrogen and oxygen atoms in total. The van der Waals surface area contributed by atoms with Crippen LogP contribution in [0.25, 0.3) is 0 Å². The molecule has 2 aliphatic rings. The summed E-state index contributed by atoms with van der Waals surface area (Å²) in [5, 5.41) is 0. The molecular weight excluding hydrogens is 328 g/mol. The fourth-order valence-corrected chi connectivity index (χ4v) is 4.43. The maximum Gasteiger partial charge on any atom is 0.306 e. The molecule has 26 heavy (non-hydrogen) atoms. The van der Waals surface area contributed by atoms with Crippen molar-refractivity contribution in [3.8, 4) is 0 Å². The van der Waals surface area contributed by atoms with Crippen LogP contribution in [0, 0.1) is 16.7 Å². The highest BCUT2D eigenvalue weighted by Crippen LogP contribution is 2.41. The monoisotopic (exact) mass is 366 g/mol. The number of hydrogen-bond acceptors (Lipinski definition) is 4. The van der Waals surface area contributed by atoms with Crippen molar-refractivity contribution >= 4 is 5.97 Å². The summed E-state index contributed by atoms with van der Waals surface area (Å²) in [6.45, 7) is 13.5. The molecule has 1 fully saturated rings. The van der Waals surface area contributed by atoms with E-state index in [0.29, 0.717) is 13.0 Å². The van der Waals surface area contributed by atoms with Crippen LogP contribution in [0.4, 0.5) is 0 Å². The van der Waals surface area contributed by atoms with Crippen LogP contribution >= 0.6 is 0 Å². The summed E-state index contributed by atoms with van der Waals surface area (Å²) in [6, 6.07) is 0. The molecule has 2 atom stereocenters. The molecule has 0 aromatic rings. The third kappa shape index (κ3) is 7.40. The first-order chi connectivity index (χ1) is 12.0.